The fourth-order valence-electron chi connectivity index (χ4n) is 2.69. The van der Waals surface area contributed by atoms with Gasteiger partial charge in [0.05, 0.1) is 12.0 Å². The van der Waals surface area contributed by atoms with Gasteiger partial charge in [0, 0.05) is 10.9 Å². The van der Waals surface area contributed by atoms with Gasteiger partial charge in [0.1, 0.15) is 11.3 Å². The van der Waals surface area contributed by atoms with Crippen molar-refractivity contribution in [1.29, 1.82) is 0 Å². The summed E-state index contributed by atoms with van der Waals surface area (Å²) in [5, 5.41) is 2.20. The number of hydrogen-bond acceptors (Lipinski definition) is 5. The van der Waals surface area contributed by atoms with Crippen LogP contribution in [-0.4, -0.2) is 24.2 Å². The van der Waals surface area contributed by atoms with Crippen LogP contribution in [0.5, 0.6) is 5.75 Å². The van der Waals surface area contributed by atoms with E-state index < -0.39 is 17.7 Å². The van der Waals surface area contributed by atoms with Crippen LogP contribution >= 0.6 is 0 Å². The highest BCUT2D eigenvalue weighted by molar-refractivity contribution is 6.05. The topological polar surface area (TPSA) is 97.2 Å². The maximum Gasteiger partial charge on any atom is 0.347 e. The fourth-order valence-corrected chi connectivity index (χ4v) is 2.69. The van der Waals surface area contributed by atoms with Gasteiger partial charge in [-0.2, -0.15) is 0 Å². The number of benzene rings is 2. The third-order valence-corrected chi connectivity index (χ3v) is 3.91. The fraction of sp³-hybridized carbons (Fsp3) is 0.263. The first-order valence-electron chi connectivity index (χ1n) is 7.81. The minimum Gasteiger partial charge on any atom is -0.479 e. The van der Waals surface area contributed by atoms with E-state index in [9.17, 15) is 9.59 Å². The number of carbonyl (C=O) groups excluding carboxylic acids is 1. The van der Waals surface area contributed by atoms with E-state index in [-0.39, 0.29) is 5.48 Å². The molecule has 25 heavy (non-hydrogen) atoms. The minimum atomic E-state index is -0.742. The van der Waals surface area contributed by atoms with E-state index in [1.54, 1.807) is 39.0 Å². The van der Waals surface area contributed by atoms with E-state index in [4.69, 9.17) is 13.9 Å². The van der Waals surface area contributed by atoms with Crippen LogP contribution < -0.4 is 10.4 Å². The lowest BCUT2D eigenvalue weighted by molar-refractivity contribution is -0.150. The molecule has 6 nitrogen and oxygen atoms in total. The molecule has 0 aliphatic carbocycles. The van der Waals surface area contributed by atoms with E-state index in [1.807, 2.05) is 18.2 Å². The third kappa shape index (κ3) is 3.34. The number of aryl methyl sites for hydroxylation is 1. The van der Waals surface area contributed by atoms with Crippen LogP contribution in [0.4, 0.5) is 0 Å². The molecule has 1 unspecified atom stereocenters. The molecule has 0 aliphatic rings. The predicted octanol–water partition coefficient (Wildman–Crippen LogP) is 2.76. The summed E-state index contributed by atoms with van der Waals surface area (Å²) in [5.74, 6) is 0.0541. The zero-order valence-corrected chi connectivity index (χ0v) is 14.3. The summed E-state index contributed by atoms with van der Waals surface area (Å²) in [7, 11) is 0. The summed E-state index contributed by atoms with van der Waals surface area (Å²) in [5.41, 5.74) is 0.746. The Bertz CT molecular complexity index is 973. The minimum absolute atomic E-state index is 0. The van der Waals surface area contributed by atoms with E-state index in [0.717, 1.165) is 10.8 Å². The number of hydrogen-bond donors (Lipinski definition) is 0. The zero-order valence-electron chi connectivity index (χ0n) is 14.3. The van der Waals surface area contributed by atoms with Crippen molar-refractivity contribution in [3.8, 4) is 5.75 Å². The van der Waals surface area contributed by atoms with Crippen LogP contribution in [0.25, 0.3) is 21.7 Å². The number of rotatable bonds is 4. The van der Waals surface area contributed by atoms with Crippen molar-refractivity contribution in [3.63, 3.8) is 0 Å². The van der Waals surface area contributed by atoms with Gasteiger partial charge in [0.15, 0.2) is 6.10 Å². The first kappa shape index (κ1) is 18.5. The van der Waals surface area contributed by atoms with Crippen molar-refractivity contribution in [1.82, 2.24) is 0 Å². The molecule has 0 aliphatic heterocycles. The van der Waals surface area contributed by atoms with Crippen molar-refractivity contribution in [3.05, 3.63) is 52.4 Å². The Morgan fingerprint density at radius 3 is 2.48 bits per heavy atom. The van der Waals surface area contributed by atoms with E-state index in [0.29, 0.717) is 28.9 Å². The average Bonchev–Trinajstić information content (AvgIpc) is 2.58. The Hall–Kier alpha value is -2.86. The summed E-state index contributed by atoms with van der Waals surface area (Å²) < 4.78 is 16.1. The van der Waals surface area contributed by atoms with Crippen LogP contribution in [0.2, 0.25) is 0 Å². The lowest BCUT2D eigenvalue weighted by Gasteiger charge is -2.16. The molecule has 0 radical (unpaired) electrons. The Morgan fingerprint density at radius 2 is 1.80 bits per heavy atom. The summed E-state index contributed by atoms with van der Waals surface area (Å²) in [4.78, 5) is 23.9. The van der Waals surface area contributed by atoms with E-state index >= 15 is 0 Å². The lowest BCUT2D eigenvalue weighted by Crippen LogP contribution is -2.26. The summed E-state index contributed by atoms with van der Waals surface area (Å²) >= 11 is 0. The first-order chi connectivity index (χ1) is 11.5. The predicted molar refractivity (Wildman–Crippen MR) is 95.1 cm³/mol. The van der Waals surface area contributed by atoms with Crippen molar-refractivity contribution in [2.75, 3.05) is 6.61 Å². The molecule has 0 bridgehead atoms. The van der Waals surface area contributed by atoms with Gasteiger partial charge in [-0.3, -0.25) is 0 Å². The number of ether oxygens (including phenoxy) is 2. The van der Waals surface area contributed by atoms with Gasteiger partial charge < -0.3 is 19.4 Å². The van der Waals surface area contributed by atoms with Crippen LogP contribution in [-0.2, 0) is 9.53 Å². The standard InChI is InChI=1S/C19H18O5.H2O/c1-4-22-18(20)12(3)23-16-10-9-14-13-7-5-6-8-15(13)19(21)24-17(14)11(16)2;/h5-10,12H,4H2,1-3H3;1H2. The van der Waals surface area contributed by atoms with Crippen LogP contribution in [0, 0.1) is 6.92 Å². The van der Waals surface area contributed by atoms with Crippen LogP contribution in [0.15, 0.2) is 45.6 Å². The average molecular weight is 344 g/mol. The molecule has 0 fully saturated rings. The van der Waals surface area contributed by atoms with E-state index in [1.165, 1.54) is 0 Å². The van der Waals surface area contributed by atoms with Gasteiger partial charge in [-0.1, -0.05) is 18.2 Å². The molecule has 2 N–H and O–H groups in total. The Balaban J connectivity index is 0.00000225. The first-order valence-corrected chi connectivity index (χ1v) is 7.81. The molecule has 0 saturated heterocycles. The Kier molecular flexibility index (Phi) is 5.44. The SMILES string of the molecule is CCOC(=O)C(C)Oc1ccc2c(oc(=O)c3ccccc32)c1C.O. The van der Waals surface area contributed by atoms with Crippen molar-refractivity contribution in [2.45, 2.75) is 26.9 Å². The highest BCUT2D eigenvalue weighted by atomic mass is 16.6. The molecule has 0 saturated carbocycles. The number of esters is 1. The largest absolute Gasteiger partial charge is 0.479 e. The molecule has 0 amide bonds. The van der Waals surface area contributed by atoms with Gasteiger partial charge in [0.2, 0.25) is 0 Å². The van der Waals surface area contributed by atoms with Crippen molar-refractivity contribution in [2.24, 2.45) is 0 Å². The molecule has 132 valence electrons. The molecular weight excluding hydrogens is 324 g/mol. The number of fused-ring (bicyclic) bond motifs is 3. The van der Waals surface area contributed by atoms with Gasteiger partial charge >= 0.3 is 11.6 Å². The molecule has 0 spiro atoms. The lowest BCUT2D eigenvalue weighted by atomic mass is 10.0. The highest BCUT2D eigenvalue weighted by Crippen LogP contribution is 2.31. The quantitative estimate of drug-likeness (QED) is 0.412. The van der Waals surface area contributed by atoms with Crippen molar-refractivity contribution < 1.29 is 24.2 Å². The summed E-state index contributed by atoms with van der Waals surface area (Å²) in [6.07, 6.45) is -0.742. The maximum absolute atomic E-state index is 12.2. The number of carbonyl (C=O) groups is 1. The van der Waals surface area contributed by atoms with Gasteiger partial charge in [0.25, 0.3) is 0 Å². The Labute approximate surface area is 144 Å². The smallest absolute Gasteiger partial charge is 0.347 e. The molecule has 1 atom stereocenters. The summed E-state index contributed by atoms with van der Waals surface area (Å²) in [6, 6.07) is 10.9. The molecule has 2 aromatic carbocycles. The maximum atomic E-state index is 12.2. The van der Waals surface area contributed by atoms with Gasteiger partial charge in [-0.25, -0.2) is 9.59 Å². The van der Waals surface area contributed by atoms with Crippen LogP contribution in [0.3, 0.4) is 0 Å². The molecule has 3 rings (SSSR count). The van der Waals surface area contributed by atoms with Gasteiger partial charge in [-0.15, -0.1) is 0 Å². The zero-order chi connectivity index (χ0) is 17.3. The molecule has 6 heteroatoms. The second-order valence-electron chi connectivity index (χ2n) is 5.51. The second-order valence-corrected chi connectivity index (χ2v) is 5.51. The summed E-state index contributed by atoms with van der Waals surface area (Å²) in [6.45, 7) is 5.46. The van der Waals surface area contributed by atoms with Gasteiger partial charge in [-0.05, 0) is 44.4 Å². The van der Waals surface area contributed by atoms with Crippen molar-refractivity contribution >= 4 is 27.7 Å². The van der Waals surface area contributed by atoms with Crippen LogP contribution in [0.1, 0.15) is 19.4 Å². The molecule has 1 heterocycles. The molecule has 3 aromatic rings. The second kappa shape index (κ2) is 7.36. The normalized spacial score (nSPS) is 11.8. The monoisotopic (exact) mass is 344 g/mol. The van der Waals surface area contributed by atoms with E-state index in [2.05, 4.69) is 0 Å². The highest BCUT2D eigenvalue weighted by Gasteiger charge is 2.19. The Morgan fingerprint density at radius 1 is 1.12 bits per heavy atom. The molecule has 1 aromatic heterocycles. The molecular formula is C19H20O6. The third-order valence-electron chi connectivity index (χ3n) is 3.91.